The Bertz CT molecular complexity index is 697. The normalized spacial score (nSPS) is 10.8. The summed E-state index contributed by atoms with van der Waals surface area (Å²) in [6.45, 7) is 1.72. The van der Waals surface area contributed by atoms with Crippen molar-refractivity contribution in [3.05, 3.63) is 77.9 Å². The first-order valence-electron chi connectivity index (χ1n) is 6.85. The first kappa shape index (κ1) is 12.7. The number of nitrogens with one attached hydrogen (secondary N) is 1. The van der Waals surface area contributed by atoms with Crippen molar-refractivity contribution in [3.8, 4) is 0 Å². The molecule has 3 N–H and O–H groups in total. The molecule has 0 unspecified atom stereocenters. The van der Waals surface area contributed by atoms with Gasteiger partial charge in [-0.1, -0.05) is 54.6 Å². The van der Waals surface area contributed by atoms with Crippen LogP contribution in [0.5, 0.6) is 0 Å². The molecule has 20 heavy (non-hydrogen) atoms. The van der Waals surface area contributed by atoms with E-state index in [-0.39, 0.29) is 0 Å². The summed E-state index contributed by atoms with van der Waals surface area (Å²) in [5, 5.41) is 6.10. The number of rotatable bonds is 4. The van der Waals surface area contributed by atoms with Gasteiger partial charge in [0, 0.05) is 18.8 Å². The predicted molar refractivity (Wildman–Crippen MR) is 85.3 cm³/mol. The van der Waals surface area contributed by atoms with E-state index < -0.39 is 0 Å². The molecule has 3 aromatic carbocycles. The highest BCUT2D eigenvalue weighted by Gasteiger charge is 2.00. The van der Waals surface area contributed by atoms with Crippen LogP contribution in [0.3, 0.4) is 0 Å². The van der Waals surface area contributed by atoms with Crippen LogP contribution < -0.4 is 11.1 Å². The molecular weight excluding hydrogens is 244 g/mol. The SMILES string of the molecule is Nc1ccc(CNCc2cccc3ccccc23)cc1. The average Bonchev–Trinajstić information content (AvgIpc) is 2.49. The Hall–Kier alpha value is -2.32. The Kier molecular flexibility index (Phi) is 3.66. The van der Waals surface area contributed by atoms with Crippen molar-refractivity contribution < 1.29 is 0 Å². The van der Waals surface area contributed by atoms with E-state index >= 15 is 0 Å². The van der Waals surface area contributed by atoms with E-state index in [1.165, 1.54) is 21.9 Å². The fraction of sp³-hybridized carbons (Fsp3) is 0.111. The van der Waals surface area contributed by atoms with E-state index in [0.717, 1.165) is 18.8 Å². The van der Waals surface area contributed by atoms with Crippen molar-refractivity contribution in [1.82, 2.24) is 5.32 Å². The van der Waals surface area contributed by atoms with Crippen LogP contribution in [0.15, 0.2) is 66.7 Å². The minimum atomic E-state index is 0.808. The third kappa shape index (κ3) is 2.81. The summed E-state index contributed by atoms with van der Waals surface area (Å²) >= 11 is 0. The van der Waals surface area contributed by atoms with Crippen LogP contribution in [-0.2, 0) is 13.1 Å². The second kappa shape index (κ2) is 5.76. The number of hydrogen-bond donors (Lipinski definition) is 2. The van der Waals surface area contributed by atoms with Gasteiger partial charge < -0.3 is 11.1 Å². The maximum Gasteiger partial charge on any atom is 0.0314 e. The molecule has 0 bridgehead atoms. The molecule has 0 aliphatic heterocycles. The van der Waals surface area contributed by atoms with Crippen molar-refractivity contribution in [2.24, 2.45) is 0 Å². The lowest BCUT2D eigenvalue weighted by Gasteiger charge is -2.08. The second-order valence-corrected chi connectivity index (χ2v) is 4.98. The largest absolute Gasteiger partial charge is 0.399 e. The van der Waals surface area contributed by atoms with Gasteiger partial charge in [-0.15, -0.1) is 0 Å². The van der Waals surface area contributed by atoms with Gasteiger partial charge in [-0.3, -0.25) is 0 Å². The molecule has 100 valence electrons. The smallest absolute Gasteiger partial charge is 0.0314 e. The van der Waals surface area contributed by atoms with Crippen LogP contribution >= 0.6 is 0 Å². The molecule has 0 heterocycles. The van der Waals surface area contributed by atoms with Crippen molar-refractivity contribution in [2.45, 2.75) is 13.1 Å². The molecule has 0 aliphatic carbocycles. The van der Waals surface area contributed by atoms with Crippen molar-refractivity contribution in [3.63, 3.8) is 0 Å². The highest BCUT2D eigenvalue weighted by molar-refractivity contribution is 5.85. The first-order chi connectivity index (χ1) is 9.83. The maximum atomic E-state index is 5.69. The summed E-state index contributed by atoms with van der Waals surface area (Å²) in [6.07, 6.45) is 0. The van der Waals surface area contributed by atoms with Crippen molar-refractivity contribution >= 4 is 16.5 Å². The molecule has 3 rings (SSSR count). The fourth-order valence-corrected chi connectivity index (χ4v) is 2.42. The van der Waals surface area contributed by atoms with Gasteiger partial charge in [0.05, 0.1) is 0 Å². The highest BCUT2D eigenvalue weighted by atomic mass is 14.8. The lowest BCUT2D eigenvalue weighted by atomic mass is 10.0. The van der Waals surface area contributed by atoms with Gasteiger partial charge >= 0.3 is 0 Å². The molecular formula is C18H18N2. The van der Waals surface area contributed by atoms with Crippen LogP contribution in [-0.4, -0.2) is 0 Å². The van der Waals surface area contributed by atoms with Gasteiger partial charge in [0.15, 0.2) is 0 Å². The third-order valence-electron chi connectivity index (χ3n) is 3.50. The summed E-state index contributed by atoms with van der Waals surface area (Å²) in [4.78, 5) is 0. The lowest BCUT2D eigenvalue weighted by Crippen LogP contribution is -2.12. The van der Waals surface area contributed by atoms with Gasteiger partial charge in [-0.25, -0.2) is 0 Å². The molecule has 0 aliphatic rings. The molecule has 0 fully saturated rings. The number of nitrogen functional groups attached to an aromatic ring is 1. The van der Waals surface area contributed by atoms with E-state index in [9.17, 15) is 0 Å². The molecule has 0 saturated carbocycles. The van der Waals surface area contributed by atoms with E-state index in [2.05, 4.69) is 59.9 Å². The molecule has 0 aromatic heterocycles. The van der Waals surface area contributed by atoms with Crippen molar-refractivity contribution in [2.75, 3.05) is 5.73 Å². The zero-order chi connectivity index (χ0) is 13.8. The van der Waals surface area contributed by atoms with Crippen LogP contribution in [0, 0.1) is 0 Å². The molecule has 2 nitrogen and oxygen atoms in total. The maximum absolute atomic E-state index is 5.69. The summed E-state index contributed by atoms with van der Waals surface area (Å²) < 4.78 is 0. The minimum Gasteiger partial charge on any atom is -0.399 e. The first-order valence-corrected chi connectivity index (χ1v) is 6.85. The number of benzene rings is 3. The molecule has 0 radical (unpaired) electrons. The van der Waals surface area contributed by atoms with Gasteiger partial charge in [-0.2, -0.15) is 0 Å². The van der Waals surface area contributed by atoms with Crippen molar-refractivity contribution in [1.29, 1.82) is 0 Å². The minimum absolute atomic E-state index is 0.808. The molecule has 3 aromatic rings. The number of fused-ring (bicyclic) bond motifs is 1. The monoisotopic (exact) mass is 262 g/mol. The van der Waals surface area contributed by atoms with Crippen LogP contribution in [0.25, 0.3) is 10.8 Å². The Morgan fingerprint density at radius 1 is 0.750 bits per heavy atom. The standard InChI is InChI=1S/C18H18N2/c19-17-10-8-14(9-11-17)12-20-13-16-6-3-5-15-4-1-2-7-18(15)16/h1-11,20H,12-13,19H2. The summed E-state index contributed by atoms with van der Waals surface area (Å²) in [5.41, 5.74) is 9.08. The van der Waals surface area contributed by atoms with Gasteiger partial charge in [0.2, 0.25) is 0 Å². The van der Waals surface area contributed by atoms with Crippen LogP contribution in [0.4, 0.5) is 5.69 Å². The molecule has 0 spiro atoms. The predicted octanol–water partition coefficient (Wildman–Crippen LogP) is 3.71. The van der Waals surface area contributed by atoms with Gasteiger partial charge in [-0.05, 0) is 34.0 Å². The zero-order valence-corrected chi connectivity index (χ0v) is 11.3. The topological polar surface area (TPSA) is 38.0 Å². The Labute approximate surface area is 119 Å². The molecule has 0 atom stereocenters. The highest BCUT2D eigenvalue weighted by Crippen LogP contribution is 2.18. The van der Waals surface area contributed by atoms with E-state index in [4.69, 9.17) is 5.73 Å². The Balaban J connectivity index is 1.69. The van der Waals surface area contributed by atoms with Crippen LogP contribution in [0.1, 0.15) is 11.1 Å². The molecule has 0 amide bonds. The number of nitrogens with two attached hydrogens (primary N) is 1. The number of anilines is 1. The zero-order valence-electron chi connectivity index (χ0n) is 11.3. The summed E-state index contributed by atoms with van der Waals surface area (Å²) in [5.74, 6) is 0. The van der Waals surface area contributed by atoms with Gasteiger partial charge in [0.1, 0.15) is 0 Å². The molecule has 0 saturated heterocycles. The summed E-state index contributed by atoms with van der Waals surface area (Å²) in [7, 11) is 0. The molecule has 2 heteroatoms. The van der Waals surface area contributed by atoms with E-state index in [1.54, 1.807) is 0 Å². The lowest BCUT2D eigenvalue weighted by molar-refractivity contribution is 0.697. The third-order valence-corrected chi connectivity index (χ3v) is 3.50. The fourth-order valence-electron chi connectivity index (χ4n) is 2.42. The quantitative estimate of drug-likeness (QED) is 0.703. The van der Waals surface area contributed by atoms with Gasteiger partial charge in [0.25, 0.3) is 0 Å². The number of hydrogen-bond acceptors (Lipinski definition) is 2. The van der Waals surface area contributed by atoms with E-state index in [1.807, 2.05) is 12.1 Å². The summed E-state index contributed by atoms with van der Waals surface area (Å²) in [6, 6.07) is 22.9. The van der Waals surface area contributed by atoms with E-state index in [0.29, 0.717) is 0 Å². The second-order valence-electron chi connectivity index (χ2n) is 4.98. The average molecular weight is 262 g/mol. The Morgan fingerprint density at radius 3 is 2.35 bits per heavy atom. The Morgan fingerprint density at radius 2 is 1.50 bits per heavy atom. The van der Waals surface area contributed by atoms with Crippen LogP contribution in [0.2, 0.25) is 0 Å².